The molecule has 0 atom stereocenters. The third kappa shape index (κ3) is 1.57. The van der Waals surface area contributed by atoms with Crippen LogP contribution in [-0.4, -0.2) is 20.6 Å². The standard InChI is InChI=1S/C12H15N3S/c1-16-12(4-5-12)7-15-8-14-10-6-9(13)2-3-11(10)15/h2-3,6,8H,4-5,7,13H2,1H3. The van der Waals surface area contributed by atoms with E-state index in [-0.39, 0.29) is 0 Å². The van der Waals surface area contributed by atoms with Crippen LogP contribution in [0.2, 0.25) is 0 Å². The van der Waals surface area contributed by atoms with Crippen molar-refractivity contribution >= 4 is 28.5 Å². The van der Waals surface area contributed by atoms with Crippen molar-refractivity contribution in [2.24, 2.45) is 0 Å². The van der Waals surface area contributed by atoms with Gasteiger partial charge in [0.25, 0.3) is 0 Å². The summed E-state index contributed by atoms with van der Waals surface area (Å²) < 4.78 is 2.72. The van der Waals surface area contributed by atoms with Crippen LogP contribution in [0.1, 0.15) is 12.8 Å². The number of nitrogens with zero attached hydrogens (tertiary/aromatic N) is 2. The number of fused-ring (bicyclic) bond motifs is 1. The Kier molecular flexibility index (Phi) is 2.14. The molecule has 0 saturated heterocycles. The Hall–Kier alpha value is -1.16. The summed E-state index contributed by atoms with van der Waals surface area (Å²) in [5.74, 6) is 0. The zero-order valence-corrected chi connectivity index (χ0v) is 10.1. The Balaban J connectivity index is 1.98. The van der Waals surface area contributed by atoms with Gasteiger partial charge in [-0.3, -0.25) is 0 Å². The van der Waals surface area contributed by atoms with E-state index in [1.165, 1.54) is 18.4 Å². The second-order valence-corrected chi connectivity index (χ2v) is 5.78. The molecule has 2 N–H and O–H groups in total. The Morgan fingerprint density at radius 1 is 1.50 bits per heavy atom. The summed E-state index contributed by atoms with van der Waals surface area (Å²) in [6.07, 6.45) is 6.77. The van der Waals surface area contributed by atoms with E-state index in [0.29, 0.717) is 4.75 Å². The van der Waals surface area contributed by atoms with Crippen molar-refractivity contribution in [3.8, 4) is 0 Å². The van der Waals surface area contributed by atoms with Gasteiger partial charge < -0.3 is 10.3 Å². The second-order valence-electron chi connectivity index (χ2n) is 4.51. The molecule has 3 nitrogen and oxygen atoms in total. The number of hydrogen-bond acceptors (Lipinski definition) is 3. The molecule has 1 saturated carbocycles. The second kappa shape index (κ2) is 3.42. The minimum Gasteiger partial charge on any atom is -0.399 e. The molecule has 4 heteroatoms. The maximum Gasteiger partial charge on any atom is 0.0958 e. The molecule has 1 fully saturated rings. The van der Waals surface area contributed by atoms with Crippen molar-refractivity contribution in [2.45, 2.75) is 24.1 Å². The summed E-state index contributed by atoms with van der Waals surface area (Å²) >= 11 is 1.97. The highest BCUT2D eigenvalue weighted by Gasteiger charge is 2.42. The fourth-order valence-corrected chi connectivity index (χ4v) is 2.86. The normalized spacial score (nSPS) is 17.8. The first-order valence-electron chi connectivity index (χ1n) is 5.48. The molecule has 0 unspecified atom stereocenters. The fraction of sp³-hybridized carbons (Fsp3) is 0.417. The molecule has 0 bridgehead atoms. The number of rotatable bonds is 3. The Labute approximate surface area is 99.0 Å². The first kappa shape index (κ1) is 10.0. The largest absolute Gasteiger partial charge is 0.399 e. The lowest BCUT2D eigenvalue weighted by atomic mass is 10.3. The molecule has 1 aliphatic carbocycles. The minimum absolute atomic E-state index is 0.467. The van der Waals surface area contributed by atoms with Crippen LogP contribution in [0.5, 0.6) is 0 Å². The number of aromatic nitrogens is 2. The molecule has 1 aromatic carbocycles. The SMILES string of the molecule is CSC1(Cn2cnc3cc(N)ccc32)CC1. The van der Waals surface area contributed by atoms with Crippen LogP contribution in [0.3, 0.4) is 0 Å². The van der Waals surface area contributed by atoms with Gasteiger partial charge in [-0.2, -0.15) is 11.8 Å². The van der Waals surface area contributed by atoms with E-state index in [0.717, 1.165) is 17.7 Å². The lowest BCUT2D eigenvalue weighted by molar-refractivity contribution is 0.678. The summed E-state index contributed by atoms with van der Waals surface area (Å²) in [5, 5.41) is 0. The molecule has 16 heavy (non-hydrogen) atoms. The number of nitrogen functional groups attached to an aromatic ring is 1. The molecule has 0 spiro atoms. The average molecular weight is 233 g/mol. The lowest BCUT2D eigenvalue weighted by Gasteiger charge is -2.13. The van der Waals surface area contributed by atoms with Crippen LogP contribution in [0.25, 0.3) is 11.0 Å². The van der Waals surface area contributed by atoms with Gasteiger partial charge in [-0.25, -0.2) is 4.98 Å². The third-order valence-corrected chi connectivity index (χ3v) is 4.75. The van der Waals surface area contributed by atoms with Gasteiger partial charge in [0.05, 0.1) is 17.4 Å². The highest BCUT2D eigenvalue weighted by molar-refractivity contribution is 8.00. The van der Waals surface area contributed by atoms with E-state index in [9.17, 15) is 0 Å². The smallest absolute Gasteiger partial charge is 0.0958 e. The molecule has 2 aromatic rings. The van der Waals surface area contributed by atoms with Crippen LogP contribution in [0.15, 0.2) is 24.5 Å². The van der Waals surface area contributed by atoms with Crippen molar-refractivity contribution in [2.75, 3.05) is 12.0 Å². The summed E-state index contributed by atoms with van der Waals surface area (Å²) in [4.78, 5) is 4.40. The highest BCUT2D eigenvalue weighted by atomic mass is 32.2. The van der Waals surface area contributed by atoms with Gasteiger partial charge in [-0.05, 0) is 37.3 Å². The van der Waals surface area contributed by atoms with Crippen LogP contribution in [0, 0.1) is 0 Å². The summed E-state index contributed by atoms with van der Waals surface area (Å²) in [6.45, 7) is 1.06. The number of hydrogen-bond donors (Lipinski definition) is 1. The summed E-state index contributed by atoms with van der Waals surface area (Å²) in [7, 11) is 0. The van der Waals surface area contributed by atoms with Crippen molar-refractivity contribution < 1.29 is 0 Å². The first-order valence-corrected chi connectivity index (χ1v) is 6.70. The molecule has 84 valence electrons. The maximum atomic E-state index is 5.75. The molecule has 1 aliphatic rings. The van der Waals surface area contributed by atoms with E-state index < -0.39 is 0 Å². The van der Waals surface area contributed by atoms with E-state index in [1.807, 2.05) is 30.2 Å². The predicted octanol–water partition coefficient (Wildman–Crippen LogP) is 2.51. The Morgan fingerprint density at radius 2 is 2.31 bits per heavy atom. The molecule has 1 heterocycles. The van der Waals surface area contributed by atoms with Crippen molar-refractivity contribution in [3.05, 3.63) is 24.5 Å². The van der Waals surface area contributed by atoms with Gasteiger partial charge in [-0.1, -0.05) is 0 Å². The van der Waals surface area contributed by atoms with E-state index in [1.54, 1.807) is 0 Å². The van der Waals surface area contributed by atoms with Crippen molar-refractivity contribution in [3.63, 3.8) is 0 Å². The Bertz CT molecular complexity index is 528. The average Bonchev–Trinajstić information content (AvgIpc) is 2.95. The number of benzene rings is 1. The number of nitrogens with two attached hydrogens (primary N) is 1. The van der Waals surface area contributed by atoms with E-state index >= 15 is 0 Å². The van der Waals surface area contributed by atoms with Gasteiger partial charge in [0.1, 0.15) is 0 Å². The highest BCUT2D eigenvalue weighted by Crippen LogP contribution is 2.48. The molecular weight excluding hydrogens is 218 g/mol. The monoisotopic (exact) mass is 233 g/mol. The van der Waals surface area contributed by atoms with Crippen LogP contribution < -0.4 is 5.73 Å². The molecule has 0 amide bonds. The predicted molar refractivity (Wildman–Crippen MR) is 69.6 cm³/mol. The van der Waals surface area contributed by atoms with Gasteiger partial charge in [-0.15, -0.1) is 0 Å². The zero-order valence-electron chi connectivity index (χ0n) is 9.31. The van der Waals surface area contributed by atoms with Gasteiger partial charge >= 0.3 is 0 Å². The topological polar surface area (TPSA) is 43.8 Å². The first-order chi connectivity index (χ1) is 7.72. The van der Waals surface area contributed by atoms with E-state index in [4.69, 9.17) is 5.73 Å². The molecule has 3 rings (SSSR count). The Morgan fingerprint density at radius 3 is 3.00 bits per heavy atom. The molecule has 0 aliphatic heterocycles. The van der Waals surface area contributed by atoms with Crippen molar-refractivity contribution in [1.82, 2.24) is 9.55 Å². The maximum absolute atomic E-state index is 5.75. The summed E-state index contributed by atoms with van der Waals surface area (Å²) in [6, 6.07) is 5.94. The van der Waals surface area contributed by atoms with Crippen LogP contribution >= 0.6 is 11.8 Å². The van der Waals surface area contributed by atoms with Crippen LogP contribution in [-0.2, 0) is 6.54 Å². The minimum atomic E-state index is 0.467. The lowest BCUT2D eigenvalue weighted by Crippen LogP contribution is -2.12. The zero-order chi connectivity index (χ0) is 11.2. The third-order valence-electron chi connectivity index (χ3n) is 3.34. The van der Waals surface area contributed by atoms with E-state index in [2.05, 4.69) is 21.9 Å². The molecular formula is C12H15N3S. The molecule has 0 radical (unpaired) electrons. The van der Waals surface area contributed by atoms with Gasteiger partial charge in [0, 0.05) is 17.0 Å². The van der Waals surface area contributed by atoms with Crippen LogP contribution in [0.4, 0.5) is 5.69 Å². The van der Waals surface area contributed by atoms with Gasteiger partial charge in [0.15, 0.2) is 0 Å². The number of imidazole rings is 1. The summed E-state index contributed by atoms with van der Waals surface area (Å²) in [5.41, 5.74) is 8.71. The fourth-order valence-electron chi connectivity index (χ4n) is 2.08. The number of thioether (sulfide) groups is 1. The van der Waals surface area contributed by atoms with Gasteiger partial charge in [0.2, 0.25) is 0 Å². The number of anilines is 1. The van der Waals surface area contributed by atoms with Crippen molar-refractivity contribution in [1.29, 1.82) is 0 Å². The molecule has 1 aromatic heterocycles. The quantitative estimate of drug-likeness (QED) is 0.828.